The van der Waals surface area contributed by atoms with E-state index in [0.717, 1.165) is 33.7 Å². The number of hydrogen-bond acceptors (Lipinski definition) is 6. The van der Waals surface area contributed by atoms with Crippen LogP contribution in [0.3, 0.4) is 0 Å². The minimum Gasteiger partial charge on any atom is -0.480 e. The molecular formula is C22H28N6O3. The Morgan fingerprint density at radius 3 is 2.42 bits per heavy atom. The number of fused-ring (bicyclic) bond motifs is 1. The number of aryl methyl sites for hydroxylation is 2. The van der Waals surface area contributed by atoms with E-state index in [1.165, 1.54) is 0 Å². The fourth-order valence-corrected chi connectivity index (χ4v) is 4.11. The van der Waals surface area contributed by atoms with Gasteiger partial charge in [0.15, 0.2) is 0 Å². The largest absolute Gasteiger partial charge is 0.480 e. The Morgan fingerprint density at radius 2 is 1.77 bits per heavy atom. The molecule has 164 valence electrons. The molecule has 4 rings (SSSR count). The highest BCUT2D eigenvalue weighted by Crippen LogP contribution is 2.27. The Labute approximate surface area is 180 Å². The molecule has 2 heterocycles. The van der Waals surface area contributed by atoms with Gasteiger partial charge >= 0.3 is 5.97 Å². The molecule has 0 saturated carbocycles. The molecule has 2 atom stereocenters. The lowest BCUT2D eigenvalue weighted by Gasteiger charge is -2.23. The quantitative estimate of drug-likeness (QED) is 0.538. The van der Waals surface area contributed by atoms with Gasteiger partial charge in [0.25, 0.3) is 0 Å². The van der Waals surface area contributed by atoms with Gasteiger partial charge in [0.05, 0.1) is 22.8 Å². The van der Waals surface area contributed by atoms with Gasteiger partial charge in [-0.05, 0) is 42.5 Å². The van der Waals surface area contributed by atoms with Crippen molar-refractivity contribution in [2.24, 2.45) is 19.2 Å². The molecule has 1 saturated heterocycles. The molecule has 2 aromatic carbocycles. The van der Waals surface area contributed by atoms with E-state index in [-0.39, 0.29) is 6.42 Å². The van der Waals surface area contributed by atoms with E-state index in [2.05, 4.69) is 33.6 Å². The van der Waals surface area contributed by atoms with E-state index in [0.29, 0.717) is 6.54 Å². The van der Waals surface area contributed by atoms with Crippen molar-refractivity contribution < 1.29 is 15.0 Å². The number of nitrogens with one attached hydrogen (secondary N) is 1. The van der Waals surface area contributed by atoms with Crippen molar-refractivity contribution in [3.05, 3.63) is 48.1 Å². The summed E-state index contributed by atoms with van der Waals surface area (Å²) in [7, 11) is 7.99. The first kappa shape index (κ1) is 20.8. The number of rotatable bonds is 5. The molecule has 31 heavy (non-hydrogen) atoms. The summed E-state index contributed by atoms with van der Waals surface area (Å²) in [5.41, 5.74) is 8.69. The summed E-state index contributed by atoms with van der Waals surface area (Å²) in [6.45, 7) is 0.314. The van der Waals surface area contributed by atoms with Crippen molar-refractivity contribution in [2.75, 3.05) is 35.9 Å². The second-order valence-electron chi connectivity index (χ2n) is 8.15. The molecule has 9 nitrogen and oxygen atoms in total. The maximum Gasteiger partial charge on any atom is 0.326 e. The van der Waals surface area contributed by atoms with Gasteiger partial charge in [-0.15, -0.1) is 5.10 Å². The lowest BCUT2D eigenvalue weighted by Crippen LogP contribution is -2.35. The summed E-state index contributed by atoms with van der Waals surface area (Å²) in [5.74, 6) is -0.922. The van der Waals surface area contributed by atoms with Crippen molar-refractivity contribution in [1.29, 1.82) is 0 Å². The maximum absolute atomic E-state index is 11.5. The van der Waals surface area contributed by atoms with Crippen LogP contribution in [0.2, 0.25) is 0 Å². The molecule has 0 spiro atoms. The second kappa shape index (κ2) is 7.99. The number of anilines is 3. The molecule has 0 radical (unpaired) electrons. The first-order chi connectivity index (χ1) is 14.8. The normalized spacial score (nSPS) is 19.3. The molecule has 2 unspecified atom stereocenters. The number of carboxylic acid groups (broad SMARTS) is 1. The molecule has 1 aliphatic rings. The minimum atomic E-state index is -0.922. The first-order valence-electron chi connectivity index (χ1n) is 10.2. The van der Waals surface area contributed by atoms with E-state index in [9.17, 15) is 15.0 Å². The van der Waals surface area contributed by atoms with E-state index >= 15 is 0 Å². The predicted molar refractivity (Wildman–Crippen MR) is 121 cm³/mol. The number of aliphatic hydroxyl groups is 1. The number of β-amino-alcohol motifs (C(OH)–C–C–N with tert-alkyl or cyclic N) is 1. The summed E-state index contributed by atoms with van der Waals surface area (Å²) < 4.78 is 4.06. The van der Waals surface area contributed by atoms with Gasteiger partial charge in [0.2, 0.25) is 5.62 Å². The van der Waals surface area contributed by atoms with Crippen molar-refractivity contribution in [2.45, 2.75) is 18.6 Å². The van der Waals surface area contributed by atoms with Crippen LogP contribution in [0.1, 0.15) is 6.42 Å². The van der Waals surface area contributed by atoms with E-state index in [1.54, 1.807) is 4.90 Å². The van der Waals surface area contributed by atoms with Gasteiger partial charge in [-0.25, -0.2) is 4.79 Å². The fraction of sp³-hybridized carbons (Fsp3) is 0.364. The minimum absolute atomic E-state index is 0.234. The number of imidazole rings is 1. The average Bonchev–Trinajstić information content (AvgIpc) is 3.25. The molecule has 3 aromatic rings. The summed E-state index contributed by atoms with van der Waals surface area (Å²) in [4.78, 5) is 15.3. The highest BCUT2D eigenvalue weighted by molar-refractivity contribution is 5.80. The lowest BCUT2D eigenvalue weighted by molar-refractivity contribution is -0.138. The Kier molecular flexibility index (Phi) is 5.36. The molecule has 9 heteroatoms. The van der Waals surface area contributed by atoms with Crippen LogP contribution in [0.15, 0.2) is 47.6 Å². The SMILES string of the molecule is CN(C)c1ccc2c(c1)n(C)c(=NNc1ccc(N3CC(O)CC3C(=O)O)cc1)n2C. The Hall–Kier alpha value is -3.46. The molecule has 1 aliphatic heterocycles. The van der Waals surface area contributed by atoms with Crippen LogP contribution < -0.4 is 20.8 Å². The van der Waals surface area contributed by atoms with E-state index in [1.807, 2.05) is 61.6 Å². The number of nitrogens with zero attached hydrogens (tertiary/aromatic N) is 5. The first-order valence-corrected chi connectivity index (χ1v) is 10.2. The van der Waals surface area contributed by atoms with Gasteiger partial charge in [-0.1, -0.05) is 0 Å². The summed E-state index contributed by atoms with van der Waals surface area (Å²) >= 11 is 0. The molecular weight excluding hydrogens is 396 g/mol. The van der Waals surface area contributed by atoms with Crippen LogP contribution in [0.4, 0.5) is 17.1 Å². The molecule has 1 aromatic heterocycles. The van der Waals surface area contributed by atoms with Gasteiger partial charge in [-0.2, -0.15) is 0 Å². The van der Waals surface area contributed by atoms with Crippen molar-refractivity contribution in [1.82, 2.24) is 9.13 Å². The van der Waals surface area contributed by atoms with Crippen LogP contribution in [0.5, 0.6) is 0 Å². The van der Waals surface area contributed by atoms with Crippen LogP contribution in [0, 0.1) is 0 Å². The number of carbonyl (C=O) groups is 1. The third kappa shape index (κ3) is 3.84. The summed E-state index contributed by atoms with van der Waals surface area (Å²) in [6, 6.07) is 13.0. The van der Waals surface area contributed by atoms with Crippen molar-refractivity contribution in [3.8, 4) is 0 Å². The van der Waals surface area contributed by atoms with E-state index in [4.69, 9.17) is 0 Å². The Balaban J connectivity index is 1.59. The second-order valence-corrected chi connectivity index (χ2v) is 8.15. The molecule has 1 fully saturated rings. The van der Waals surface area contributed by atoms with Gasteiger partial charge in [0, 0.05) is 52.5 Å². The molecule has 0 aliphatic carbocycles. The van der Waals surface area contributed by atoms with Gasteiger partial charge in [0.1, 0.15) is 6.04 Å². The molecule has 0 bridgehead atoms. The third-order valence-electron chi connectivity index (χ3n) is 5.85. The van der Waals surface area contributed by atoms with E-state index < -0.39 is 18.1 Å². The number of carboxylic acids is 1. The molecule has 3 N–H and O–H groups in total. The highest BCUT2D eigenvalue weighted by atomic mass is 16.4. The van der Waals surface area contributed by atoms with Gasteiger partial charge in [-0.3, -0.25) is 5.43 Å². The predicted octanol–water partition coefficient (Wildman–Crippen LogP) is 1.53. The standard InChI is InChI=1S/C22H28N6O3/c1-25(2)16-9-10-18-19(11-16)27(4)22(26(18)3)24-23-14-5-7-15(8-6-14)28-13-17(29)12-20(28)21(30)31/h5-11,17,20,23,29H,12-13H2,1-4H3,(H,30,31). The number of aromatic nitrogens is 2. The molecule has 0 amide bonds. The van der Waals surface area contributed by atoms with Crippen LogP contribution in [0.25, 0.3) is 11.0 Å². The number of aliphatic carboxylic acids is 1. The lowest BCUT2D eigenvalue weighted by atomic mass is 10.2. The van der Waals surface area contributed by atoms with Crippen molar-refractivity contribution in [3.63, 3.8) is 0 Å². The topological polar surface area (TPSA) is 98.3 Å². The number of hydrogen-bond donors (Lipinski definition) is 3. The van der Waals surface area contributed by atoms with Crippen molar-refractivity contribution >= 4 is 34.1 Å². The smallest absolute Gasteiger partial charge is 0.326 e. The Bertz CT molecular complexity index is 1180. The fourth-order valence-electron chi connectivity index (χ4n) is 4.11. The zero-order valence-electron chi connectivity index (χ0n) is 18.1. The summed E-state index contributed by atoms with van der Waals surface area (Å²) in [5, 5.41) is 23.8. The average molecular weight is 425 g/mol. The third-order valence-corrected chi connectivity index (χ3v) is 5.85. The van der Waals surface area contributed by atoms with Crippen LogP contribution in [-0.4, -0.2) is 58.1 Å². The van der Waals surface area contributed by atoms with Gasteiger partial charge < -0.3 is 29.1 Å². The number of benzene rings is 2. The van der Waals surface area contributed by atoms with Crippen LogP contribution in [-0.2, 0) is 18.9 Å². The Morgan fingerprint density at radius 1 is 1.10 bits per heavy atom. The van der Waals surface area contributed by atoms with Crippen LogP contribution >= 0.6 is 0 Å². The summed E-state index contributed by atoms with van der Waals surface area (Å²) in [6.07, 6.45) is -0.397. The monoisotopic (exact) mass is 424 g/mol. The number of aliphatic hydroxyl groups excluding tert-OH is 1. The maximum atomic E-state index is 11.5. The highest BCUT2D eigenvalue weighted by Gasteiger charge is 2.35. The zero-order chi connectivity index (χ0) is 22.3. The zero-order valence-corrected chi connectivity index (χ0v) is 18.1.